The number of nitrogens with two attached hydrogens (primary N) is 1. The Morgan fingerprint density at radius 2 is 2.00 bits per heavy atom. The van der Waals surface area contributed by atoms with Crippen molar-refractivity contribution in [3.8, 4) is 0 Å². The highest BCUT2D eigenvalue weighted by molar-refractivity contribution is 5.81. The normalized spacial score (nSPS) is 38.1. The number of carboxylic acids is 1. The summed E-state index contributed by atoms with van der Waals surface area (Å²) in [5.74, 6) is -6.53. The van der Waals surface area contributed by atoms with Crippen molar-refractivity contribution in [2.24, 2.45) is 5.73 Å². The zero-order valence-corrected chi connectivity index (χ0v) is 11.5. The average molecular weight is 327 g/mol. The molecular weight excluding hydrogens is 309 g/mol. The van der Waals surface area contributed by atoms with E-state index in [-0.39, 0.29) is 0 Å². The van der Waals surface area contributed by atoms with E-state index in [9.17, 15) is 29.3 Å². The number of aliphatic hydroxyl groups excluding tert-OH is 4. The first-order valence-electron chi connectivity index (χ1n) is 6.24. The zero-order chi connectivity index (χ0) is 17.2. The van der Waals surface area contributed by atoms with Crippen LogP contribution in [0.2, 0.25) is 0 Å². The number of aliphatic carboxylic acids is 1. The van der Waals surface area contributed by atoms with Gasteiger partial charge in [0.15, 0.2) is 0 Å². The first kappa shape index (κ1) is 18.7. The van der Waals surface area contributed by atoms with Crippen molar-refractivity contribution in [2.45, 2.75) is 49.3 Å². The van der Waals surface area contributed by atoms with Gasteiger partial charge in [-0.3, -0.25) is 4.79 Å². The zero-order valence-electron chi connectivity index (χ0n) is 11.5. The summed E-state index contributed by atoms with van der Waals surface area (Å²) >= 11 is 0. The summed E-state index contributed by atoms with van der Waals surface area (Å²) in [6.45, 7) is -0.147. The Kier molecular flexibility index (Phi) is 5.78. The van der Waals surface area contributed by atoms with Crippen molar-refractivity contribution < 1.29 is 49.0 Å². The Hall–Kier alpha value is -1.37. The van der Waals surface area contributed by atoms with E-state index >= 15 is 0 Å². The minimum Gasteiger partial charge on any atom is -0.476 e. The van der Waals surface area contributed by atoms with Gasteiger partial charge in [0, 0.05) is 6.92 Å². The van der Waals surface area contributed by atoms with Crippen LogP contribution in [0.25, 0.3) is 0 Å². The van der Waals surface area contributed by atoms with Crippen LogP contribution in [-0.4, -0.2) is 86.5 Å². The van der Waals surface area contributed by atoms with Gasteiger partial charge < -0.3 is 40.7 Å². The molecule has 11 heteroatoms. The molecule has 0 aromatic heterocycles. The van der Waals surface area contributed by atoms with E-state index < -0.39 is 61.0 Å². The maximum Gasteiger partial charge on any atom is 0.380 e. The van der Waals surface area contributed by atoms with Crippen LogP contribution in [0.5, 0.6) is 0 Å². The molecule has 1 heterocycles. The summed E-state index contributed by atoms with van der Waals surface area (Å²) < 4.78 is 23.3. The van der Waals surface area contributed by atoms with Crippen LogP contribution in [0.4, 0.5) is 4.39 Å². The summed E-state index contributed by atoms with van der Waals surface area (Å²) in [7, 11) is 0. The molecule has 10 nitrogen and oxygen atoms in total. The van der Waals surface area contributed by atoms with Gasteiger partial charge in [-0.2, -0.15) is 0 Å². The summed E-state index contributed by atoms with van der Waals surface area (Å²) in [6.07, 6.45) is -10.5. The second-order valence-electron chi connectivity index (χ2n) is 4.86. The second kappa shape index (κ2) is 6.81. The van der Waals surface area contributed by atoms with Gasteiger partial charge in [-0.15, -0.1) is 0 Å². The molecule has 7 N–H and O–H groups in total. The fraction of sp³-hybridized carbons (Fsp3) is 0.818. The second-order valence-corrected chi connectivity index (χ2v) is 4.86. The Bertz CT molecular complexity index is 432. The van der Waals surface area contributed by atoms with Gasteiger partial charge in [-0.1, -0.05) is 0 Å². The SMILES string of the molecule is CC(=O)O[C@]1(C(=O)O)O[C@@H]([C@H](O)[C@H](O)CO)[C@H](N)[C@@H](O)C1F. The van der Waals surface area contributed by atoms with Crippen molar-refractivity contribution in [2.75, 3.05) is 6.61 Å². The molecule has 0 bridgehead atoms. The van der Waals surface area contributed by atoms with Gasteiger partial charge >= 0.3 is 17.7 Å². The Balaban J connectivity index is 3.22. The average Bonchev–Trinajstić information content (AvgIpc) is 2.45. The lowest BCUT2D eigenvalue weighted by Gasteiger charge is -2.46. The maximum absolute atomic E-state index is 14.2. The number of carbonyl (C=O) groups is 2. The van der Waals surface area contributed by atoms with Gasteiger partial charge in [0.25, 0.3) is 0 Å². The van der Waals surface area contributed by atoms with Crippen LogP contribution in [0, 0.1) is 0 Å². The van der Waals surface area contributed by atoms with E-state index in [1.807, 2.05) is 0 Å². The molecular formula is C11H18FNO9. The summed E-state index contributed by atoms with van der Waals surface area (Å²) in [4.78, 5) is 22.3. The summed E-state index contributed by atoms with van der Waals surface area (Å²) in [6, 6.07) is -1.64. The fourth-order valence-electron chi connectivity index (χ4n) is 2.09. The maximum atomic E-state index is 14.2. The molecule has 1 rings (SSSR count). The Labute approximate surface area is 123 Å². The lowest BCUT2D eigenvalue weighted by molar-refractivity contribution is -0.322. The number of hydrogen-bond acceptors (Lipinski definition) is 9. The van der Waals surface area contributed by atoms with Crippen LogP contribution < -0.4 is 5.73 Å². The van der Waals surface area contributed by atoms with Gasteiger partial charge in [0.2, 0.25) is 6.17 Å². The van der Waals surface area contributed by atoms with Crippen LogP contribution in [0.1, 0.15) is 6.92 Å². The third-order valence-corrected chi connectivity index (χ3v) is 3.26. The Morgan fingerprint density at radius 1 is 1.45 bits per heavy atom. The quantitative estimate of drug-likeness (QED) is 0.277. The van der Waals surface area contributed by atoms with Gasteiger partial charge in [-0.05, 0) is 0 Å². The number of hydrogen-bond donors (Lipinski definition) is 6. The number of carboxylic acid groups (broad SMARTS) is 1. The Morgan fingerprint density at radius 3 is 2.41 bits per heavy atom. The number of halogens is 1. The van der Waals surface area contributed by atoms with Crippen molar-refractivity contribution in [1.82, 2.24) is 0 Å². The molecule has 0 radical (unpaired) electrons. The number of ether oxygens (including phenoxy) is 2. The van der Waals surface area contributed by atoms with Crippen molar-refractivity contribution >= 4 is 11.9 Å². The predicted octanol–water partition coefficient (Wildman–Crippen LogP) is -3.53. The first-order chi connectivity index (χ1) is 10.1. The molecule has 1 aliphatic rings. The molecule has 0 amide bonds. The largest absolute Gasteiger partial charge is 0.476 e. The summed E-state index contributed by atoms with van der Waals surface area (Å²) in [5.41, 5.74) is 5.46. The number of carbonyl (C=O) groups excluding carboxylic acids is 1. The predicted molar refractivity (Wildman–Crippen MR) is 65.0 cm³/mol. The highest BCUT2D eigenvalue weighted by Crippen LogP contribution is 2.35. The topological polar surface area (TPSA) is 180 Å². The third-order valence-electron chi connectivity index (χ3n) is 3.26. The molecule has 0 aromatic carbocycles. The molecule has 0 saturated carbocycles. The molecule has 0 aromatic rings. The van der Waals surface area contributed by atoms with Crippen molar-refractivity contribution in [1.29, 1.82) is 0 Å². The van der Waals surface area contributed by atoms with E-state index in [4.69, 9.17) is 20.7 Å². The smallest absolute Gasteiger partial charge is 0.380 e. The number of aliphatic hydroxyl groups is 4. The first-order valence-corrected chi connectivity index (χ1v) is 6.24. The molecule has 1 fully saturated rings. The monoisotopic (exact) mass is 327 g/mol. The van der Waals surface area contributed by atoms with E-state index in [1.165, 1.54) is 0 Å². The number of rotatable bonds is 5. The van der Waals surface area contributed by atoms with Crippen molar-refractivity contribution in [3.05, 3.63) is 0 Å². The standard InChI is InChI=1S/C11H18FNO9/c1-3(15)21-11(10(19)20)9(12)7(18)5(13)8(22-11)6(17)4(16)2-14/h4-9,14,16-18H,2,13H2,1H3,(H,19,20)/t4-,5-,6-,7-,8-,9?,11+/m1/s1. The molecule has 0 spiro atoms. The molecule has 1 saturated heterocycles. The molecule has 1 unspecified atom stereocenters. The van der Waals surface area contributed by atoms with Crippen LogP contribution in [0.15, 0.2) is 0 Å². The number of esters is 1. The van der Waals surface area contributed by atoms with E-state index in [0.717, 1.165) is 6.92 Å². The number of alkyl halides is 1. The molecule has 128 valence electrons. The lowest BCUT2D eigenvalue weighted by atomic mass is 9.88. The minimum atomic E-state index is -3.23. The third kappa shape index (κ3) is 3.19. The molecule has 22 heavy (non-hydrogen) atoms. The highest BCUT2D eigenvalue weighted by atomic mass is 19.1. The molecule has 1 aliphatic heterocycles. The lowest BCUT2D eigenvalue weighted by Crippen LogP contribution is -2.72. The van der Waals surface area contributed by atoms with Gasteiger partial charge in [0.1, 0.15) is 24.4 Å². The molecule has 7 atom stereocenters. The van der Waals surface area contributed by atoms with Gasteiger partial charge in [0.05, 0.1) is 12.6 Å². The van der Waals surface area contributed by atoms with Crippen LogP contribution in [-0.2, 0) is 19.1 Å². The highest BCUT2D eigenvalue weighted by Gasteiger charge is 2.63. The van der Waals surface area contributed by atoms with Crippen molar-refractivity contribution in [3.63, 3.8) is 0 Å². The van der Waals surface area contributed by atoms with Crippen LogP contribution >= 0.6 is 0 Å². The molecule has 0 aliphatic carbocycles. The van der Waals surface area contributed by atoms with E-state index in [1.54, 1.807) is 0 Å². The summed E-state index contributed by atoms with van der Waals surface area (Å²) in [5, 5.41) is 46.8. The van der Waals surface area contributed by atoms with E-state index in [0.29, 0.717) is 0 Å². The van der Waals surface area contributed by atoms with Gasteiger partial charge in [-0.25, -0.2) is 9.18 Å². The fourth-order valence-corrected chi connectivity index (χ4v) is 2.09. The van der Waals surface area contributed by atoms with E-state index in [2.05, 4.69) is 4.74 Å². The van der Waals surface area contributed by atoms with Crippen LogP contribution in [0.3, 0.4) is 0 Å². The minimum absolute atomic E-state index is 0.787.